The Morgan fingerprint density at radius 1 is 1.73 bits per heavy atom. The van der Waals surface area contributed by atoms with Crippen molar-refractivity contribution in [2.75, 3.05) is 13.1 Å². The highest BCUT2D eigenvalue weighted by molar-refractivity contribution is 7.09. The van der Waals surface area contributed by atoms with Gasteiger partial charge in [0.1, 0.15) is 0 Å². The number of rotatable bonds is 2. The normalized spacial score (nSPS) is 21.2. The lowest BCUT2D eigenvalue weighted by Crippen LogP contribution is -2.60. The Morgan fingerprint density at radius 2 is 2.55 bits per heavy atom. The second kappa shape index (κ2) is 2.55. The van der Waals surface area contributed by atoms with E-state index in [4.69, 9.17) is 0 Å². The molecular formula is C7H10N2OS. The van der Waals surface area contributed by atoms with Crippen LogP contribution < -0.4 is 5.32 Å². The van der Waals surface area contributed by atoms with Gasteiger partial charge in [-0.25, -0.2) is 4.98 Å². The third-order valence-electron chi connectivity index (χ3n) is 1.87. The van der Waals surface area contributed by atoms with Crippen LogP contribution in [-0.4, -0.2) is 28.8 Å². The SMILES string of the molecule is OC1(Cc2nccs2)CNC1. The number of aromatic nitrogens is 1. The molecule has 4 heteroatoms. The molecule has 0 radical (unpaired) electrons. The van der Waals surface area contributed by atoms with Gasteiger partial charge in [0.2, 0.25) is 0 Å². The summed E-state index contributed by atoms with van der Waals surface area (Å²) in [7, 11) is 0. The van der Waals surface area contributed by atoms with Crippen LogP contribution in [-0.2, 0) is 6.42 Å². The first-order valence-electron chi connectivity index (χ1n) is 3.60. The van der Waals surface area contributed by atoms with Gasteiger partial charge in [0.15, 0.2) is 0 Å². The van der Waals surface area contributed by atoms with Crippen molar-refractivity contribution < 1.29 is 5.11 Å². The molecule has 3 nitrogen and oxygen atoms in total. The lowest BCUT2D eigenvalue weighted by molar-refractivity contribution is -0.00905. The maximum Gasteiger partial charge on any atom is 0.0958 e. The average Bonchev–Trinajstić information content (AvgIpc) is 2.36. The Morgan fingerprint density at radius 3 is 3.00 bits per heavy atom. The summed E-state index contributed by atoms with van der Waals surface area (Å²) < 4.78 is 0. The van der Waals surface area contributed by atoms with E-state index in [2.05, 4.69) is 10.3 Å². The summed E-state index contributed by atoms with van der Waals surface area (Å²) in [5, 5.41) is 15.7. The number of hydrogen-bond donors (Lipinski definition) is 2. The monoisotopic (exact) mass is 170 g/mol. The van der Waals surface area contributed by atoms with E-state index in [0.717, 1.165) is 5.01 Å². The van der Waals surface area contributed by atoms with Gasteiger partial charge in [0, 0.05) is 31.1 Å². The molecule has 0 bridgehead atoms. The molecule has 0 saturated carbocycles. The number of nitrogens with one attached hydrogen (secondary N) is 1. The summed E-state index contributed by atoms with van der Waals surface area (Å²) in [6.45, 7) is 1.40. The molecule has 0 atom stereocenters. The molecule has 2 heterocycles. The third-order valence-corrected chi connectivity index (χ3v) is 2.65. The van der Waals surface area contributed by atoms with Crippen LogP contribution in [0.15, 0.2) is 11.6 Å². The van der Waals surface area contributed by atoms with E-state index in [0.29, 0.717) is 19.5 Å². The van der Waals surface area contributed by atoms with E-state index in [9.17, 15) is 5.11 Å². The van der Waals surface area contributed by atoms with Gasteiger partial charge in [-0.15, -0.1) is 11.3 Å². The van der Waals surface area contributed by atoms with E-state index in [-0.39, 0.29) is 0 Å². The van der Waals surface area contributed by atoms with Crippen molar-refractivity contribution in [3.05, 3.63) is 16.6 Å². The number of aliphatic hydroxyl groups is 1. The van der Waals surface area contributed by atoms with E-state index in [1.54, 1.807) is 17.5 Å². The average molecular weight is 170 g/mol. The van der Waals surface area contributed by atoms with E-state index < -0.39 is 5.60 Å². The van der Waals surface area contributed by atoms with Crippen molar-refractivity contribution in [2.24, 2.45) is 0 Å². The van der Waals surface area contributed by atoms with Gasteiger partial charge in [-0.1, -0.05) is 0 Å². The highest BCUT2D eigenvalue weighted by atomic mass is 32.1. The second-order valence-electron chi connectivity index (χ2n) is 2.93. The minimum Gasteiger partial charge on any atom is -0.387 e. The molecule has 0 unspecified atom stereocenters. The minimum absolute atomic E-state index is 0.516. The first-order valence-corrected chi connectivity index (χ1v) is 4.48. The summed E-state index contributed by atoms with van der Waals surface area (Å²) in [4.78, 5) is 4.11. The van der Waals surface area contributed by atoms with Gasteiger partial charge >= 0.3 is 0 Å². The minimum atomic E-state index is -0.516. The van der Waals surface area contributed by atoms with Crippen LogP contribution in [0.3, 0.4) is 0 Å². The summed E-state index contributed by atoms with van der Waals surface area (Å²) in [5.74, 6) is 0. The molecule has 1 aliphatic heterocycles. The standard InChI is InChI=1S/C7H10N2OS/c10-7(4-8-5-7)3-6-9-1-2-11-6/h1-2,8,10H,3-5H2. The molecule has 60 valence electrons. The first kappa shape index (κ1) is 7.21. The lowest BCUT2D eigenvalue weighted by atomic mass is 9.94. The van der Waals surface area contributed by atoms with Crippen molar-refractivity contribution >= 4 is 11.3 Å². The van der Waals surface area contributed by atoms with Crippen LogP contribution in [0, 0.1) is 0 Å². The van der Waals surface area contributed by atoms with E-state index in [1.165, 1.54) is 0 Å². The number of nitrogens with zero attached hydrogens (tertiary/aromatic N) is 1. The summed E-state index contributed by atoms with van der Waals surface area (Å²) >= 11 is 1.60. The molecule has 1 aliphatic rings. The Bertz CT molecular complexity index is 231. The zero-order chi connectivity index (χ0) is 7.73. The third kappa shape index (κ3) is 1.42. The maximum absolute atomic E-state index is 9.69. The molecule has 1 aromatic rings. The van der Waals surface area contributed by atoms with Crippen LogP contribution in [0.4, 0.5) is 0 Å². The number of hydrogen-bond acceptors (Lipinski definition) is 4. The second-order valence-corrected chi connectivity index (χ2v) is 3.91. The Balaban J connectivity index is 2.00. The van der Waals surface area contributed by atoms with Gasteiger partial charge in [-0.05, 0) is 0 Å². The number of β-amino-alcohol motifs (C(OH)–C–C–N with tert-alkyl or cyclic N) is 1. The van der Waals surface area contributed by atoms with Gasteiger partial charge < -0.3 is 10.4 Å². The largest absolute Gasteiger partial charge is 0.387 e. The molecule has 2 N–H and O–H groups in total. The van der Waals surface area contributed by atoms with Crippen molar-refractivity contribution in [1.29, 1.82) is 0 Å². The van der Waals surface area contributed by atoms with Crippen LogP contribution in [0.1, 0.15) is 5.01 Å². The molecule has 1 aromatic heterocycles. The van der Waals surface area contributed by atoms with Crippen molar-refractivity contribution in [3.63, 3.8) is 0 Å². The Labute approximate surface area is 69.1 Å². The van der Waals surface area contributed by atoms with Crippen molar-refractivity contribution in [1.82, 2.24) is 10.3 Å². The fraction of sp³-hybridized carbons (Fsp3) is 0.571. The predicted molar refractivity (Wildman–Crippen MR) is 43.6 cm³/mol. The zero-order valence-corrected chi connectivity index (χ0v) is 6.90. The van der Waals surface area contributed by atoms with Gasteiger partial charge in [-0.2, -0.15) is 0 Å². The smallest absolute Gasteiger partial charge is 0.0958 e. The van der Waals surface area contributed by atoms with Crippen LogP contribution in [0.5, 0.6) is 0 Å². The molecule has 11 heavy (non-hydrogen) atoms. The van der Waals surface area contributed by atoms with Gasteiger partial charge in [0.25, 0.3) is 0 Å². The quantitative estimate of drug-likeness (QED) is 0.657. The van der Waals surface area contributed by atoms with Gasteiger partial charge in [0.05, 0.1) is 10.6 Å². The molecule has 1 saturated heterocycles. The fourth-order valence-corrected chi connectivity index (χ4v) is 1.91. The van der Waals surface area contributed by atoms with Crippen LogP contribution in [0.25, 0.3) is 0 Å². The summed E-state index contributed by atoms with van der Waals surface area (Å²) in [6, 6.07) is 0. The lowest BCUT2D eigenvalue weighted by Gasteiger charge is -2.36. The molecule has 0 aromatic carbocycles. The fourth-order valence-electron chi connectivity index (χ4n) is 1.16. The van der Waals surface area contributed by atoms with Crippen LogP contribution in [0.2, 0.25) is 0 Å². The van der Waals surface area contributed by atoms with Gasteiger partial charge in [-0.3, -0.25) is 0 Å². The predicted octanol–water partition coefficient (Wildman–Crippen LogP) is 0.0199. The molecule has 1 fully saturated rings. The molecular weight excluding hydrogens is 160 g/mol. The molecule has 0 amide bonds. The molecule has 2 rings (SSSR count). The number of thiazole rings is 1. The Kier molecular flexibility index (Phi) is 1.67. The first-order chi connectivity index (χ1) is 5.29. The summed E-state index contributed by atoms with van der Waals surface area (Å²) in [5.41, 5.74) is -0.516. The Hall–Kier alpha value is -0.450. The topological polar surface area (TPSA) is 45.2 Å². The van der Waals surface area contributed by atoms with E-state index >= 15 is 0 Å². The highest BCUT2D eigenvalue weighted by Crippen LogP contribution is 2.18. The zero-order valence-electron chi connectivity index (χ0n) is 6.08. The molecule has 0 aliphatic carbocycles. The van der Waals surface area contributed by atoms with Crippen molar-refractivity contribution in [2.45, 2.75) is 12.0 Å². The highest BCUT2D eigenvalue weighted by Gasteiger charge is 2.34. The maximum atomic E-state index is 9.69. The van der Waals surface area contributed by atoms with E-state index in [1.807, 2.05) is 5.38 Å². The van der Waals surface area contributed by atoms with Crippen LogP contribution >= 0.6 is 11.3 Å². The van der Waals surface area contributed by atoms with Crippen molar-refractivity contribution in [3.8, 4) is 0 Å². The summed E-state index contributed by atoms with van der Waals surface area (Å²) in [6.07, 6.45) is 2.47. The molecule has 0 spiro atoms.